The molecule has 2 aliphatic rings. The van der Waals surface area contributed by atoms with Crippen molar-refractivity contribution >= 4 is 62.8 Å². The van der Waals surface area contributed by atoms with Crippen LogP contribution in [0.5, 0.6) is 0 Å². The van der Waals surface area contributed by atoms with Gasteiger partial charge < -0.3 is 9.47 Å². The summed E-state index contributed by atoms with van der Waals surface area (Å²) in [6, 6.07) is 16.0. The highest BCUT2D eigenvalue weighted by Gasteiger charge is 2.33. The van der Waals surface area contributed by atoms with Crippen LogP contribution in [-0.2, 0) is 22.6 Å². The number of fused-ring (bicyclic) bond motifs is 1. The minimum absolute atomic E-state index is 0.114. The Kier molecular flexibility index (Phi) is 6.80. The quantitative estimate of drug-likeness (QED) is 0.316. The topological polar surface area (TPSA) is 45.6 Å². The molecule has 5 rings (SSSR count). The zero-order chi connectivity index (χ0) is 24.5. The van der Waals surface area contributed by atoms with E-state index < -0.39 is 0 Å². The number of aryl methyl sites for hydroxylation is 1. The van der Waals surface area contributed by atoms with E-state index >= 15 is 0 Å². The van der Waals surface area contributed by atoms with Gasteiger partial charge in [0, 0.05) is 29.7 Å². The van der Waals surface area contributed by atoms with E-state index in [-0.39, 0.29) is 17.9 Å². The summed E-state index contributed by atoms with van der Waals surface area (Å²) in [4.78, 5) is 30.8. The summed E-state index contributed by atoms with van der Waals surface area (Å²) in [6.45, 7) is 5.40. The van der Waals surface area contributed by atoms with Gasteiger partial charge in [-0.2, -0.15) is 0 Å². The van der Waals surface area contributed by atoms with Gasteiger partial charge >= 0.3 is 0 Å². The number of hydrogen-bond acceptors (Lipinski definition) is 4. The molecule has 1 atom stereocenters. The van der Waals surface area contributed by atoms with Crippen LogP contribution in [0, 0.1) is 0 Å². The Labute approximate surface area is 215 Å². The second kappa shape index (κ2) is 9.99. The summed E-state index contributed by atoms with van der Waals surface area (Å²) in [6.07, 6.45) is 8.12. The lowest BCUT2D eigenvalue weighted by molar-refractivity contribution is -0.135. The number of aromatic nitrogens is 1. The highest BCUT2D eigenvalue weighted by Crippen LogP contribution is 2.37. The van der Waals surface area contributed by atoms with E-state index in [1.165, 1.54) is 23.7 Å². The smallest absolute Gasteiger partial charge is 0.270 e. The monoisotopic (exact) mass is 503 g/mol. The van der Waals surface area contributed by atoms with E-state index in [0.29, 0.717) is 15.8 Å². The van der Waals surface area contributed by atoms with Crippen molar-refractivity contribution in [2.45, 2.75) is 52.1 Å². The first kappa shape index (κ1) is 23.8. The molecule has 3 heterocycles. The third-order valence-corrected chi connectivity index (χ3v) is 8.22. The van der Waals surface area contributed by atoms with Crippen LogP contribution in [-0.4, -0.2) is 38.2 Å². The maximum Gasteiger partial charge on any atom is 0.270 e. The van der Waals surface area contributed by atoms with Gasteiger partial charge in [-0.1, -0.05) is 67.3 Å². The van der Waals surface area contributed by atoms with E-state index in [0.717, 1.165) is 48.0 Å². The molecule has 2 fully saturated rings. The summed E-state index contributed by atoms with van der Waals surface area (Å²) < 4.78 is 2.60. The number of nitrogens with zero attached hydrogens (tertiary/aromatic N) is 3. The number of benzene rings is 2. The van der Waals surface area contributed by atoms with Crippen molar-refractivity contribution in [3.8, 4) is 0 Å². The number of piperidine rings is 1. The Morgan fingerprint density at radius 3 is 2.69 bits per heavy atom. The Morgan fingerprint density at radius 2 is 1.94 bits per heavy atom. The molecule has 0 radical (unpaired) electrons. The number of rotatable bonds is 5. The van der Waals surface area contributed by atoms with E-state index in [1.807, 2.05) is 53.6 Å². The number of thioether (sulfide) groups is 1. The maximum absolute atomic E-state index is 13.3. The second-order valence-electron chi connectivity index (χ2n) is 9.16. The Hall–Kier alpha value is -2.90. The van der Waals surface area contributed by atoms with Crippen LogP contribution >= 0.6 is 24.0 Å². The molecule has 2 aliphatic heterocycles. The van der Waals surface area contributed by atoms with E-state index in [9.17, 15) is 9.59 Å². The molecule has 0 unspecified atom stereocenters. The molecule has 2 amide bonds. The summed E-state index contributed by atoms with van der Waals surface area (Å²) in [5.41, 5.74) is 3.97. The first-order valence-electron chi connectivity index (χ1n) is 12.2. The van der Waals surface area contributed by atoms with E-state index in [1.54, 1.807) is 4.90 Å². The number of anilines is 1. The number of carbonyl (C=O) groups is 2. The number of amides is 2. The third kappa shape index (κ3) is 4.55. The van der Waals surface area contributed by atoms with Crippen LogP contribution in [0.4, 0.5) is 5.69 Å². The van der Waals surface area contributed by atoms with Crippen molar-refractivity contribution in [1.29, 1.82) is 0 Å². The number of hydrogen-bond donors (Lipinski definition) is 0. The Balaban J connectivity index is 1.52. The number of para-hydroxylation sites is 2. The molecular formula is C28H29N3O2S2. The lowest BCUT2D eigenvalue weighted by Gasteiger charge is -2.33. The fourth-order valence-corrected chi connectivity index (χ4v) is 6.39. The third-order valence-electron chi connectivity index (χ3n) is 6.92. The predicted octanol–water partition coefficient (Wildman–Crippen LogP) is 6.01. The van der Waals surface area contributed by atoms with Crippen LogP contribution in [0.3, 0.4) is 0 Å². The summed E-state index contributed by atoms with van der Waals surface area (Å²) in [7, 11) is 0. The van der Waals surface area contributed by atoms with Crippen molar-refractivity contribution < 1.29 is 9.59 Å². The van der Waals surface area contributed by atoms with Crippen LogP contribution in [0.1, 0.15) is 44.2 Å². The molecule has 1 aromatic heterocycles. The van der Waals surface area contributed by atoms with Gasteiger partial charge in [0.2, 0.25) is 5.91 Å². The fraction of sp³-hybridized carbons (Fsp3) is 0.321. The van der Waals surface area contributed by atoms with Crippen LogP contribution in [0.2, 0.25) is 0 Å². The minimum atomic E-state index is -0.114. The Morgan fingerprint density at radius 1 is 1.14 bits per heavy atom. The van der Waals surface area contributed by atoms with Crippen molar-refractivity contribution in [2.24, 2.45) is 0 Å². The van der Waals surface area contributed by atoms with Crippen molar-refractivity contribution in [1.82, 2.24) is 9.47 Å². The first-order chi connectivity index (χ1) is 17.0. The molecule has 0 N–H and O–H groups in total. The molecule has 0 saturated carbocycles. The average Bonchev–Trinajstić information content (AvgIpc) is 3.35. The summed E-state index contributed by atoms with van der Waals surface area (Å²) in [5, 5.41) is 1.05. The van der Waals surface area contributed by atoms with Crippen molar-refractivity contribution in [3.63, 3.8) is 0 Å². The highest BCUT2D eigenvalue weighted by atomic mass is 32.2. The molecule has 0 aliphatic carbocycles. The molecule has 3 aromatic rings. The van der Waals surface area contributed by atoms with Crippen LogP contribution in [0.25, 0.3) is 17.0 Å². The first-order valence-corrected chi connectivity index (χ1v) is 13.4. The van der Waals surface area contributed by atoms with Gasteiger partial charge in [-0.25, -0.2) is 0 Å². The standard InChI is InChI=1S/C28H29N3O2S2/c1-3-20-11-9-14-23-21(16-24-27(33)31(28(34)35-24)22-12-5-4-6-13-22)17-29(26(20)23)18-25(32)30-15-8-7-10-19(30)2/h4-6,9,11-14,16-17,19H,3,7-8,10,15,18H2,1-2H3/b24-16-/t19-/m0/s1. The van der Waals surface area contributed by atoms with Gasteiger partial charge in [-0.15, -0.1) is 0 Å². The molecule has 7 heteroatoms. The van der Waals surface area contributed by atoms with Crippen molar-refractivity contribution in [3.05, 3.63) is 70.8 Å². The normalized spacial score (nSPS) is 19.8. The molecule has 0 bridgehead atoms. The summed E-state index contributed by atoms with van der Waals surface area (Å²) >= 11 is 6.87. The SMILES string of the molecule is CCc1cccc2c(/C=C3\SC(=S)N(c4ccccc4)C3=O)cn(CC(=O)N3CCCC[C@@H]3C)c12. The second-order valence-corrected chi connectivity index (χ2v) is 10.8. The number of thiocarbonyl (C=S) groups is 1. The van der Waals surface area contributed by atoms with Gasteiger partial charge in [0.25, 0.3) is 5.91 Å². The van der Waals surface area contributed by atoms with E-state index in [2.05, 4.69) is 30.5 Å². The fourth-order valence-electron chi connectivity index (χ4n) is 5.10. The van der Waals surface area contributed by atoms with Gasteiger partial charge in [-0.05, 0) is 56.4 Å². The van der Waals surface area contributed by atoms with Crippen LogP contribution < -0.4 is 4.90 Å². The zero-order valence-electron chi connectivity index (χ0n) is 20.1. The van der Waals surface area contributed by atoms with Gasteiger partial charge in [0.1, 0.15) is 6.54 Å². The van der Waals surface area contributed by atoms with Gasteiger partial charge in [-0.3, -0.25) is 14.5 Å². The minimum Gasteiger partial charge on any atom is -0.338 e. The Bertz CT molecular complexity index is 1330. The maximum atomic E-state index is 13.3. The molecule has 2 saturated heterocycles. The largest absolute Gasteiger partial charge is 0.338 e. The molecule has 0 spiro atoms. The lowest BCUT2D eigenvalue weighted by Crippen LogP contribution is -2.43. The molecular weight excluding hydrogens is 474 g/mol. The number of carbonyl (C=O) groups excluding carboxylic acids is 2. The molecule has 180 valence electrons. The number of likely N-dealkylation sites (tertiary alicyclic amines) is 1. The average molecular weight is 504 g/mol. The lowest BCUT2D eigenvalue weighted by atomic mass is 10.0. The van der Waals surface area contributed by atoms with Crippen LogP contribution in [0.15, 0.2) is 59.6 Å². The molecule has 35 heavy (non-hydrogen) atoms. The predicted molar refractivity (Wildman–Crippen MR) is 148 cm³/mol. The summed E-state index contributed by atoms with van der Waals surface area (Å²) in [5.74, 6) is 0.0407. The molecule has 5 nitrogen and oxygen atoms in total. The van der Waals surface area contributed by atoms with E-state index in [4.69, 9.17) is 12.2 Å². The zero-order valence-corrected chi connectivity index (χ0v) is 21.7. The van der Waals surface area contributed by atoms with Gasteiger partial charge in [0.15, 0.2) is 4.32 Å². The van der Waals surface area contributed by atoms with Crippen molar-refractivity contribution in [2.75, 3.05) is 11.4 Å². The molecule has 2 aromatic carbocycles. The van der Waals surface area contributed by atoms with Gasteiger partial charge in [0.05, 0.1) is 16.1 Å². The highest BCUT2D eigenvalue weighted by molar-refractivity contribution is 8.27.